The molecule has 7 heteroatoms. The third-order valence-corrected chi connectivity index (χ3v) is 4.54. The van der Waals surface area contributed by atoms with E-state index >= 15 is 0 Å². The van der Waals surface area contributed by atoms with Crippen LogP contribution in [0.1, 0.15) is 35.9 Å². The van der Waals surface area contributed by atoms with Gasteiger partial charge in [0.2, 0.25) is 0 Å². The van der Waals surface area contributed by atoms with Gasteiger partial charge in [-0.3, -0.25) is 0 Å². The molecule has 1 fully saturated rings. The number of piperazine rings is 1. The van der Waals surface area contributed by atoms with Gasteiger partial charge in [0, 0.05) is 37.9 Å². The number of urea groups is 1. The fourth-order valence-electron chi connectivity index (χ4n) is 3.19. The highest BCUT2D eigenvalue weighted by molar-refractivity contribution is 5.75. The summed E-state index contributed by atoms with van der Waals surface area (Å²) in [6.07, 6.45) is 1.77. The lowest BCUT2D eigenvalue weighted by molar-refractivity contribution is 0.191. The van der Waals surface area contributed by atoms with Gasteiger partial charge in [0.15, 0.2) is 0 Å². The minimum Gasteiger partial charge on any atom is -0.466 e. The van der Waals surface area contributed by atoms with Crippen LogP contribution in [0.2, 0.25) is 0 Å². The van der Waals surface area contributed by atoms with Crippen LogP contribution in [0.25, 0.3) is 0 Å². The number of hydrogen-bond donors (Lipinski definition) is 1. The van der Waals surface area contributed by atoms with Crippen molar-refractivity contribution in [3.63, 3.8) is 0 Å². The molecule has 7 nitrogen and oxygen atoms in total. The molecule has 1 unspecified atom stereocenters. The van der Waals surface area contributed by atoms with Crippen LogP contribution < -0.4 is 10.2 Å². The average molecular weight is 343 g/mol. The quantitative estimate of drug-likeness (QED) is 0.927. The molecule has 3 rings (SSSR count). The van der Waals surface area contributed by atoms with Crippen LogP contribution in [-0.4, -0.2) is 47.1 Å². The van der Waals surface area contributed by atoms with E-state index in [0.29, 0.717) is 13.1 Å². The third kappa shape index (κ3) is 3.92. The van der Waals surface area contributed by atoms with Gasteiger partial charge in [-0.1, -0.05) is 0 Å². The first-order valence-corrected chi connectivity index (χ1v) is 8.61. The van der Waals surface area contributed by atoms with Crippen molar-refractivity contribution in [1.29, 1.82) is 0 Å². The molecule has 2 aromatic heterocycles. The molecule has 1 saturated heterocycles. The largest absolute Gasteiger partial charge is 0.466 e. The molecule has 0 spiro atoms. The second kappa shape index (κ2) is 7.13. The van der Waals surface area contributed by atoms with E-state index in [1.165, 1.54) is 0 Å². The fraction of sp³-hybridized carbons (Fsp3) is 0.500. The van der Waals surface area contributed by atoms with E-state index in [1.807, 2.05) is 44.7 Å². The van der Waals surface area contributed by atoms with Crippen LogP contribution in [-0.2, 0) is 0 Å². The first-order chi connectivity index (χ1) is 11.9. The van der Waals surface area contributed by atoms with E-state index in [0.717, 1.165) is 41.8 Å². The number of aromatic nitrogens is 2. The summed E-state index contributed by atoms with van der Waals surface area (Å²) in [5.41, 5.74) is 1.03. The Balaban J connectivity index is 1.55. The molecule has 0 saturated carbocycles. The molecule has 2 aromatic rings. The molecular formula is C18H25N5O2. The van der Waals surface area contributed by atoms with Crippen molar-refractivity contribution >= 4 is 11.8 Å². The van der Waals surface area contributed by atoms with Gasteiger partial charge in [-0.15, -0.1) is 0 Å². The summed E-state index contributed by atoms with van der Waals surface area (Å²) in [7, 11) is 0. The normalized spacial score (nSPS) is 16.0. The highest BCUT2D eigenvalue weighted by Crippen LogP contribution is 2.21. The zero-order valence-corrected chi connectivity index (χ0v) is 15.2. The van der Waals surface area contributed by atoms with Gasteiger partial charge in [0.1, 0.15) is 23.2 Å². The summed E-state index contributed by atoms with van der Waals surface area (Å²) in [5, 5.41) is 3.07. The monoisotopic (exact) mass is 343 g/mol. The molecule has 1 N–H and O–H groups in total. The molecule has 1 atom stereocenters. The first-order valence-electron chi connectivity index (χ1n) is 8.61. The van der Waals surface area contributed by atoms with Crippen molar-refractivity contribution in [2.24, 2.45) is 0 Å². The number of carbonyl (C=O) groups excluding carboxylic acids is 1. The maximum absolute atomic E-state index is 12.5. The summed E-state index contributed by atoms with van der Waals surface area (Å²) in [6.45, 7) is 10.6. The van der Waals surface area contributed by atoms with Crippen LogP contribution in [0.4, 0.5) is 10.6 Å². The maximum atomic E-state index is 12.5. The maximum Gasteiger partial charge on any atom is 0.317 e. The molecule has 0 radical (unpaired) electrons. The lowest BCUT2D eigenvalue weighted by Crippen LogP contribution is -2.52. The van der Waals surface area contributed by atoms with E-state index < -0.39 is 0 Å². The van der Waals surface area contributed by atoms with Gasteiger partial charge < -0.3 is 19.5 Å². The number of anilines is 1. The second-order valence-corrected chi connectivity index (χ2v) is 6.48. The zero-order chi connectivity index (χ0) is 18.0. The van der Waals surface area contributed by atoms with E-state index in [4.69, 9.17) is 4.42 Å². The molecular weight excluding hydrogens is 318 g/mol. The Morgan fingerprint density at radius 2 is 1.96 bits per heavy atom. The zero-order valence-electron chi connectivity index (χ0n) is 15.2. The Kier molecular flexibility index (Phi) is 4.92. The van der Waals surface area contributed by atoms with Gasteiger partial charge in [0.25, 0.3) is 0 Å². The molecule has 0 aliphatic carbocycles. The van der Waals surface area contributed by atoms with Gasteiger partial charge in [-0.2, -0.15) is 0 Å². The van der Waals surface area contributed by atoms with Crippen LogP contribution in [0.5, 0.6) is 0 Å². The van der Waals surface area contributed by atoms with Crippen LogP contribution in [0.3, 0.4) is 0 Å². The summed E-state index contributed by atoms with van der Waals surface area (Å²) < 4.78 is 5.55. The number of amides is 2. The number of nitrogens with one attached hydrogen (secondary N) is 1. The van der Waals surface area contributed by atoms with Crippen LogP contribution >= 0.6 is 0 Å². The fourth-order valence-corrected chi connectivity index (χ4v) is 3.19. The summed E-state index contributed by atoms with van der Waals surface area (Å²) in [4.78, 5) is 25.2. The highest BCUT2D eigenvalue weighted by Gasteiger charge is 2.24. The smallest absolute Gasteiger partial charge is 0.317 e. The predicted molar refractivity (Wildman–Crippen MR) is 95.7 cm³/mol. The molecule has 0 bridgehead atoms. The molecule has 134 valence electrons. The Hall–Kier alpha value is -2.57. The van der Waals surface area contributed by atoms with E-state index in [2.05, 4.69) is 20.2 Å². The number of carbonyl (C=O) groups is 1. The van der Waals surface area contributed by atoms with E-state index in [1.54, 1.807) is 6.20 Å². The number of furan rings is 1. The summed E-state index contributed by atoms with van der Waals surface area (Å²) in [6, 6.07) is 3.78. The Labute approximate surface area is 148 Å². The molecule has 2 amide bonds. The predicted octanol–water partition coefficient (Wildman–Crippen LogP) is 2.59. The average Bonchev–Trinajstić information content (AvgIpc) is 2.93. The van der Waals surface area contributed by atoms with Gasteiger partial charge >= 0.3 is 6.03 Å². The second-order valence-electron chi connectivity index (χ2n) is 6.48. The minimum absolute atomic E-state index is 0.0377. The highest BCUT2D eigenvalue weighted by atomic mass is 16.3. The molecule has 25 heavy (non-hydrogen) atoms. The lowest BCUT2D eigenvalue weighted by Gasteiger charge is -2.35. The Morgan fingerprint density at radius 1 is 1.24 bits per heavy atom. The van der Waals surface area contributed by atoms with Crippen molar-refractivity contribution < 1.29 is 9.21 Å². The SMILES string of the molecule is Cc1nccc(N2CCN(C(=O)NC(C)c3cc(C)oc3C)CC2)n1. The van der Waals surface area contributed by atoms with Gasteiger partial charge in [0.05, 0.1) is 6.04 Å². The molecule has 1 aliphatic rings. The van der Waals surface area contributed by atoms with Crippen molar-refractivity contribution in [3.05, 3.63) is 41.2 Å². The number of rotatable bonds is 3. The summed E-state index contributed by atoms with van der Waals surface area (Å²) >= 11 is 0. The molecule has 1 aliphatic heterocycles. The van der Waals surface area contributed by atoms with Crippen molar-refractivity contribution in [2.45, 2.75) is 33.7 Å². The van der Waals surface area contributed by atoms with Crippen LogP contribution in [0, 0.1) is 20.8 Å². The lowest BCUT2D eigenvalue weighted by atomic mass is 10.1. The van der Waals surface area contributed by atoms with Crippen molar-refractivity contribution in [3.8, 4) is 0 Å². The molecule has 0 aromatic carbocycles. The summed E-state index contributed by atoms with van der Waals surface area (Å²) in [5.74, 6) is 3.40. The molecule has 3 heterocycles. The van der Waals surface area contributed by atoms with Crippen molar-refractivity contribution in [1.82, 2.24) is 20.2 Å². The van der Waals surface area contributed by atoms with E-state index in [-0.39, 0.29) is 12.1 Å². The first kappa shape index (κ1) is 17.3. The number of aryl methyl sites for hydroxylation is 3. The third-order valence-electron chi connectivity index (χ3n) is 4.54. The van der Waals surface area contributed by atoms with E-state index in [9.17, 15) is 4.79 Å². The Morgan fingerprint density at radius 3 is 2.56 bits per heavy atom. The standard InChI is InChI=1S/C18H25N5O2/c1-12-11-16(14(3)25-12)13(2)20-18(24)23-9-7-22(8-10-23)17-5-6-19-15(4)21-17/h5-6,11,13H,7-10H2,1-4H3,(H,20,24). The van der Waals surface area contributed by atoms with Crippen molar-refractivity contribution in [2.75, 3.05) is 31.1 Å². The minimum atomic E-state index is -0.0764. The van der Waals surface area contributed by atoms with Gasteiger partial charge in [-0.05, 0) is 39.8 Å². The van der Waals surface area contributed by atoms with Crippen LogP contribution in [0.15, 0.2) is 22.7 Å². The number of nitrogens with zero attached hydrogens (tertiary/aromatic N) is 4. The van der Waals surface area contributed by atoms with Gasteiger partial charge in [-0.25, -0.2) is 14.8 Å². The number of hydrogen-bond acceptors (Lipinski definition) is 5. The Bertz CT molecular complexity index is 750. The topological polar surface area (TPSA) is 74.5 Å².